The fraction of sp³-hybridized carbons (Fsp3) is 0.0714. The summed E-state index contributed by atoms with van der Waals surface area (Å²) in [6.07, 6.45) is 4.74. The number of aromatic amines is 1. The summed E-state index contributed by atoms with van der Waals surface area (Å²) < 4.78 is 2.18. The molecule has 0 saturated carbocycles. The van der Waals surface area contributed by atoms with Gasteiger partial charge in [-0.1, -0.05) is 12.1 Å². The number of H-pyrrole nitrogens is 1. The van der Waals surface area contributed by atoms with Crippen molar-refractivity contribution in [3.05, 3.63) is 58.8 Å². The highest BCUT2D eigenvalue weighted by Crippen LogP contribution is 2.16. The van der Waals surface area contributed by atoms with E-state index >= 15 is 0 Å². The summed E-state index contributed by atoms with van der Waals surface area (Å²) in [5.74, 6) is -0.411. The van der Waals surface area contributed by atoms with Crippen LogP contribution in [0, 0.1) is 4.77 Å². The number of hydrogen-bond acceptors (Lipinski definition) is 5. The van der Waals surface area contributed by atoms with Gasteiger partial charge in [-0.2, -0.15) is 5.10 Å². The summed E-state index contributed by atoms with van der Waals surface area (Å²) in [4.78, 5) is 19.3. The maximum Gasteiger partial charge on any atom is 0.335 e. The van der Waals surface area contributed by atoms with Crippen molar-refractivity contribution in [2.75, 3.05) is 0 Å². The van der Waals surface area contributed by atoms with Gasteiger partial charge in [0.25, 0.3) is 0 Å². The number of nitrogens with one attached hydrogen (secondary N) is 1. The van der Waals surface area contributed by atoms with Crippen LogP contribution in [0.3, 0.4) is 0 Å². The van der Waals surface area contributed by atoms with Crippen molar-refractivity contribution in [3.63, 3.8) is 0 Å². The molecular weight excluding hydrogens is 302 g/mol. The number of aromatic carboxylic acids is 1. The van der Waals surface area contributed by atoms with Gasteiger partial charge in [-0.05, 0) is 29.9 Å². The van der Waals surface area contributed by atoms with Crippen LogP contribution in [0.1, 0.15) is 15.9 Å². The van der Waals surface area contributed by atoms with Gasteiger partial charge in [-0.25, -0.2) is 9.78 Å². The minimum absolute atomic E-state index is 0.230. The predicted molar refractivity (Wildman–Crippen MR) is 80.9 cm³/mol. The van der Waals surface area contributed by atoms with Crippen molar-refractivity contribution in [3.8, 4) is 11.5 Å². The molecular formula is C14H11N5O2S. The second kappa shape index (κ2) is 5.86. The number of carbonyl (C=O) groups is 1. The van der Waals surface area contributed by atoms with E-state index in [1.165, 1.54) is 0 Å². The predicted octanol–water partition coefficient (Wildman–Crippen LogP) is 2.14. The van der Waals surface area contributed by atoms with E-state index in [0.717, 1.165) is 5.56 Å². The topological polar surface area (TPSA) is 96.7 Å². The number of nitrogens with zero attached hydrogens (tertiary/aromatic N) is 4. The molecule has 2 heterocycles. The fourth-order valence-corrected chi connectivity index (χ4v) is 2.26. The van der Waals surface area contributed by atoms with E-state index in [2.05, 4.69) is 20.2 Å². The number of hydrogen-bond donors (Lipinski definition) is 2. The lowest BCUT2D eigenvalue weighted by Crippen LogP contribution is -2.05. The zero-order chi connectivity index (χ0) is 15.5. The van der Waals surface area contributed by atoms with Crippen molar-refractivity contribution >= 4 is 18.2 Å². The van der Waals surface area contributed by atoms with E-state index in [4.69, 9.17) is 17.3 Å². The average molecular weight is 313 g/mol. The van der Waals surface area contributed by atoms with Crippen molar-refractivity contribution in [2.24, 2.45) is 0 Å². The smallest absolute Gasteiger partial charge is 0.335 e. The van der Waals surface area contributed by atoms with Gasteiger partial charge in [-0.3, -0.25) is 14.6 Å². The van der Waals surface area contributed by atoms with E-state index in [9.17, 15) is 4.79 Å². The van der Waals surface area contributed by atoms with Crippen LogP contribution in [-0.2, 0) is 6.54 Å². The van der Waals surface area contributed by atoms with E-state index in [1.54, 1.807) is 41.4 Å². The van der Waals surface area contributed by atoms with Gasteiger partial charge in [0.1, 0.15) is 5.69 Å². The number of rotatable bonds is 4. The first-order valence-electron chi connectivity index (χ1n) is 6.39. The average Bonchev–Trinajstić information content (AvgIpc) is 2.89. The zero-order valence-corrected chi connectivity index (χ0v) is 12.1. The van der Waals surface area contributed by atoms with E-state index in [-0.39, 0.29) is 5.56 Å². The van der Waals surface area contributed by atoms with Gasteiger partial charge in [-0.15, -0.1) is 0 Å². The molecule has 3 rings (SSSR count). The standard InChI is InChI=1S/C14H11N5O2S/c20-13(21)10-3-1-2-9(6-10)8-19-12(17-18-14(19)22)11-7-15-4-5-16-11/h1-7H,8H2,(H,18,22)(H,20,21). The first-order chi connectivity index (χ1) is 10.6. The van der Waals surface area contributed by atoms with Gasteiger partial charge in [0.2, 0.25) is 0 Å². The molecule has 110 valence electrons. The fourth-order valence-electron chi connectivity index (χ4n) is 2.06. The Balaban J connectivity index is 2.00. The molecule has 0 radical (unpaired) electrons. The summed E-state index contributed by atoms with van der Waals surface area (Å²) in [5, 5.41) is 16.0. The Morgan fingerprint density at radius 3 is 2.95 bits per heavy atom. The van der Waals surface area contributed by atoms with E-state index < -0.39 is 5.97 Å². The second-order valence-corrected chi connectivity index (χ2v) is 4.92. The van der Waals surface area contributed by atoms with E-state index in [0.29, 0.717) is 22.8 Å². The van der Waals surface area contributed by atoms with Crippen LogP contribution in [0.2, 0.25) is 0 Å². The number of carboxylic acids is 1. The van der Waals surface area contributed by atoms with Crippen LogP contribution in [0.4, 0.5) is 0 Å². The molecule has 1 aromatic carbocycles. The Morgan fingerprint density at radius 2 is 2.23 bits per heavy atom. The van der Waals surface area contributed by atoms with Crippen LogP contribution in [-0.4, -0.2) is 35.8 Å². The second-order valence-electron chi connectivity index (χ2n) is 4.53. The van der Waals surface area contributed by atoms with E-state index in [1.807, 2.05) is 6.07 Å². The van der Waals surface area contributed by atoms with Gasteiger partial charge in [0.15, 0.2) is 10.6 Å². The normalized spacial score (nSPS) is 10.5. The van der Waals surface area contributed by atoms with Gasteiger partial charge in [0.05, 0.1) is 18.3 Å². The van der Waals surface area contributed by atoms with Crippen LogP contribution >= 0.6 is 12.2 Å². The molecule has 0 fully saturated rings. The molecule has 0 amide bonds. The minimum Gasteiger partial charge on any atom is -0.478 e. The molecule has 22 heavy (non-hydrogen) atoms. The third-order valence-electron chi connectivity index (χ3n) is 3.07. The molecule has 0 bridgehead atoms. The summed E-state index contributed by atoms with van der Waals surface area (Å²) in [7, 11) is 0. The van der Waals surface area contributed by atoms with Crippen molar-refractivity contribution in [2.45, 2.75) is 6.54 Å². The maximum atomic E-state index is 11.0. The molecule has 7 nitrogen and oxygen atoms in total. The lowest BCUT2D eigenvalue weighted by molar-refractivity contribution is 0.0696. The Kier molecular flexibility index (Phi) is 3.75. The first kappa shape index (κ1) is 14.1. The molecule has 2 N–H and O–H groups in total. The molecule has 0 aliphatic carbocycles. The Morgan fingerprint density at radius 1 is 1.36 bits per heavy atom. The molecule has 0 unspecified atom stereocenters. The molecule has 2 aromatic heterocycles. The van der Waals surface area contributed by atoms with Crippen LogP contribution < -0.4 is 0 Å². The highest BCUT2D eigenvalue weighted by atomic mass is 32.1. The lowest BCUT2D eigenvalue weighted by atomic mass is 10.1. The number of carboxylic acid groups (broad SMARTS) is 1. The third-order valence-corrected chi connectivity index (χ3v) is 3.38. The van der Waals surface area contributed by atoms with Gasteiger partial charge < -0.3 is 5.11 Å². The lowest BCUT2D eigenvalue weighted by Gasteiger charge is -2.07. The maximum absolute atomic E-state index is 11.0. The quantitative estimate of drug-likeness (QED) is 0.716. The molecule has 0 atom stereocenters. The Bertz CT molecular complexity index is 872. The highest BCUT2D eigenvalue weighted by molar-refractivity contribution is 7.71. The molecule has 8 heteroatoms. The summed E-state index contributed by atoms with van der Waals surface area (Å²) in [5.41, 5.74) is 1.63. The van der Waals surface area contributed by atoms with Crippen molar-refractivity contribution in [1.29, 1.82) is 0 Å². The summed E-state index contributed by atoms with van der Waals surface area (Å²) >= 11 is 5.24. The molecule has 3 aromatic rings. The van der Waals surface area contributed by atoms with Gasteiger partial charge in [0, 0.05) is 12.4 Å². The largest absolute Gasteiger partial charge is 0.478 e. The molecule has 0 aliphatic heterocycles. The SMILES string of the molecule is O=C(O)c1cccc(Cn2c(-c3cnccn3)n[nH]c2=S)c1. The molecule has 0 aliphatic rings. The molecule has 0 saturated heterocycles. The van der Waals surface area contributed by atoms with Crippen LogP contribution in [0.15, 0.2) is 42.9 Å². The number of aromatic nitrogens is 5. The monoisotopic (exact) mass is 313 g/mol. The Labute approximate surface area is 130 Å². The third kappa shape index (κ3) is 2.77. The summed E-state index contributed by atoms with van der Waals surface area (Å²) in [6, 6.07) is 6.69. The molecule has 0 spiro atoms. The van der Waals surface area contributed by atoms with Crippen molar-refractivity contribution in [1.82, 2.24) is 24.7 Å². The minimum atomic E-state index is -0.966. The van der Waals surface area contributed by atoms with Crippen LogP contribution in [0.5, 0.6) is 0 Å². The first-order valence-corrected chi connectivity index (χ1v) is 6.80. The van der Waals surface area contributed by atoms with Crippen molar-refractivity contribution < 1.29 is 9.90 Å². The zero-order valence-electron chi connectivity index (χ0n) is 11.3. The Hall–Kier alpha value is -2.87. The van der Waals surface area contributed by atoms with Crippen LogP contribution in [0.25, 0.3) is 11.5 Å². The summed E-state index contributed by atoms with van der Waals surface area (Å²) in [6.45, 7) is 0.391. The number of benzene rings is 1. The van der Waals surface area contributed by atoms with Gasteiger partial charge >= 0.3 is 5.97 Å². The highest BCUT2D eigenvalue weighted by Gasteiger charge is 2.11.